The van der Waals surface area contributed by atoms with E-state index in [1.54, 1.807) is 12.1 Å². The minimum atomic E-state index is -0.185. The molecule has 0 amide bonds. The molecule has 118 valence electrons. The lowest BCUT2D eigenvalue weighted by atomic mass is 9.77. The number of hydrogen-bond donors (Lipinski definition) is 1. The van der Waals surface area contributed by atoms with E-state index in [9.17, 15) is 4.39 Å². The lowest BCUT2D eigenvalue weighted by Crippen LogP contribution is -2.29. The molecule has 0 spiro atoms. The lowest BCUT2D eigenvalue weighted by Gasteiger charge is -2.38. The summed E-state index contributed by atoms with van der Waals surface area (Å²) in [6.07, 6.45) is 5.54. The van der Waals surface area contributed by atoms with Gasteiger partial charge < -0.3 is 10.1 Å². The van der Waals surface area contributed by atoms with E-state index in [1.165, 1.54) is 11.6 Å². The third-order valence-corrected chi connectivity index (χ3v) is 4.87. The van der Waals surface area contributed by atoms with E-state index in [1.807, 2.05) is 19.1 Å². The molecule has 1 N–H and O–H groups in total. The van der Waals surface area contributed by atoms with Crippen molar-refractivity contribution in [3.8, 4) is 5.75 Å². The number of nitrogens with one attached hydrogen (secondary N) is 1. The van der Waals surface area contributed by atoms with E-state index in [0.29, 0.717) is 18.4 Å². The van der Waals surface area contributed by atoms with E-state index in [4.69, 9.17) is 4.74 Å². The summed E-state index contributed by atoms with van der Waals surface area (Å²) in [6, 6.07) is 13.2. The minimum Gasteiger partial charge on any atom is -0.492 e. The number of rotatable bonds is 3. The van der Waals surface area contributed by atoms with E-state index in [0.717, 1.165) is 23.4 Å². The molecule has 2 aromatic rings. The summed E-state index contributed by atoms with van der Waals surface area (Å²) in [4.78, 5) is 0. The summed E-state index contributed by atoms with van der Waals surface area (Å²) < 4.78 is 19.5. The first-order valence-electron chi connectivity index (χ1n) is 8.22. The van der Waals surface area contributed by atoms with Gasteiger partial charge in [-0.15, -0.1) is 0 Å². The molecule has 0 radical (unpaired) electrons. The maximum absolute atomic E-state index is 13.7. The molecule has 4 rings (SSSR count). The van der Waals surface area contributed by atoms with Crippen LogP contribution in [0.1, 0.15) is 36.4 Å². The Morgan fingerprint density at radius 3 is 2.91 bits per heavy atom. The Bertz CT molecular complexity index is 755. The van der Waals surface area contributed by atoms with Crippen LogP contribution in [0, 0.1) is 11.7 Å². The van der Waals surface area contributed by atoms with Crippen LogP contribution in [0.5, 0.6) is 5.75 Å². The largest absolute Gasteiger partial charge is 0.492 e. The van der Waals surface area contributed by atoms with Crippen molar-refractivity contribution in [1.82, 2.24) is 0 Å². The van der Waals surface area contributed by atoms with Crippen molar-refractivity contribution >= 4 is 5.69 Å². The number of fused-ring (bicyclic) bond motifs is 3. The fourth-order valence-electron chi connectivity index (χ4n) is 3.90. The predicted octanol–water partition coefficient (Wildman–Crippen LogP) is 5.05. The van der Waals surface area contributed by atoms with Crippen LogP contribution in [-0.2, 0) is 0 Å². The maximum atomic E-state index is 13.7. The number of ether oxygens (including phenoxy) is 1. The normalized spacial score (nSPS) is 24.7. The zero-order valence-electron chi connectivity index (χ0n) is 13.1. The summed E-state index contributed by atoms with van der Waals surface area (Å²) in [5.74, 6) is 1.47. The summed E-state index contributed by atoms with van der Waals surface area (Å²) in [6.45, 7) is 2.62. The van der Waals surface area contributed by atoms with Crippen LogP contribution >= 0.6 is 0 Å². The van der Waals surface area contributed by atoms with Crippen LogP contribution in [0.4, 0.5) is 10.1 Å². The Hall–Kier alpha value is -2.29. The Labute approximate surface area is 136 Å². The van der Waals surface area contributed by atoms with Gasteiger partial charge in [0.2, 0.25) is 0 Å². The van der Waals surface area contributed by atoms with E-state index < -0.39 is 0 Å². The molecule has 23 heavy (non-hydrogen) atoms. The Morgan fingerprint density at radius 2 is 2.09 bits per heavy atom. The number of para-hydroxylation sites is 1. The Morgan fingerprint density at radius 1 is 1.22 bits per heavy atom. The van der Waals surface area contributed by atoms with Gasteiger partial charge in [-0.05, 0) is 48.6 Å². The van der Waals surface area contributed by atoms with Gasteiger partial charge in [0.1, 0.15) is 11.6 Å². The standard InChI is InChI=1S/C20H20FNO/c1-2-23-18-11-5-10-17-15-8-4-9-16(15)19(22-20(17)18)13-6-3-7-14(21)12-13/h3-8,10-12,15-16,19,22H,2,9H2,1H3/t15-,16+,19-/m1/s1. The highest BCUT2D eigenvalue weighted by Crippen LogP contribution is 2.52. The van der Waals surface area contributed by atoms with Crippen LogP contribution in [0.3, 0.4) is 0 Å². The number of halogens is 1. The number of benzene rings is 2. The first-order valence-corrected chi connectivity index (χ1v) is 8.22. The minimum absolute atomic E-state index is 0.0970. The molecule has 0 bridgehead atoms. The number of anilines is 1. The fraction of sp³-hybridized carbons (Fsp3) is 0.300. The second kappa shape index (κ2) is 5.73. The smallest absolute Gasteiger partial charge is 0.142 e. The topological polar surface area (TPSA) is 21.3 Å². The third kappa shape index (κ3) is 2.40. The average Bonchev–Trinajstić information content (AvgIpc) is 3.04. The average molecular weight is 309 g/mol. The molecular weight excluding hydrogens is 289 g/mol. The Kier molecular flexibility index (Phi) is 3.56. The molecule has 2 aliphatic rings. The molecule has 1 heterocycles. The molecule has 3 heteroatoms. The highest BCUT2D eigenvalue weighted by Gasteiger charge is 2.38. The van der Waals surface area contributed by atoms with Gasteiger partial charge in [0.15, 0.2) is 0 Å². The van der Waals surface area contributed by atoms with Gasteiger partial charge in [-0.25, -0.2) is 4.39 Å². The number of allylic oxidation sites excluding steroid dienone is 2. The maximum Gasteiger partial charge on any atom is 0.142 e. The molecule has 0 unspecified atom stereocenters. The van der Waals surface area contributed by atoms with Crippen molar-refractivity contribution in [2.45, 2.75) is 25.3 Å². The predicted molar refractivity (Wildman–Crippen MR) is 90.4 cm³/mol. The second-order valence-corrected chi connectivity index (χ2v) is 6.18. The van der Waals surface area contributed by atoms with Crippen molar-refractivity contribution in [2.24, 2.45) is 5.92 Å². The zero-order chi connectivity index (χ0) is 15.8. The van der Waals surface area contributed by atoms with Gasteiger partial charge in [-0.3, -0.25) is 0 Å². The summed E-state index contributed by atoms with van der Waals surface area (Å²) in [5, 5.41) is 3.63. The lowest BCUT2D eigenvalue weighted by molar-refractivity contribution is 0.337. The van der Waals surface area contributed by atoms with Gasteiger partial charge in [-0.2, -0.15) is 0 Å². The molecule has 0 saturated heterocycles. The highest BCUT2D eigenvalue weighted by molar-refractivity contribution is 5.67. The molecule has 2 nitrogen and oxygen atoms in total. The van der Waals surface area contributed by atoms with E-state index >= 15 is 0 Å². The highest BCUT2D eigenvalue weighted by atomic mass is 19.1. The van der Waals surface area contributed by atoms with Crippen molar-refractivity contribution in [3.63, 3.8) is 0 Å². The number of hydrogen-bond acceptors (Lipinski definition) is 2. The van der Waals surface area contributed by atoms with E-state index in [2.05, 4.69) is 29.6 Å². The summed E-state index contributed by atoms with van der Waals surface area (Å²) in [7, 11) is 0. The monoisotopic (exact) mass is 309 g/mol. The first kappa shape index (κ1) is 14.3. The SMILES string of the molecule is CCOc1cccc2c1N[C@H](c1cccc(F)c1)[C@H]1CC=C[C@@H]21. The van der Waals surface area contributed by atoms with Crippen molar-refractivity contribution in [3.05, 3.63) is 71.6 Å². The van der Waals surface area contributed by atoms with Crippen LogP contribution in [0.15, 0.2) is 54.6 Å². The van der Waals surface area contributed by atoms with Crippen LogP contribution in [0.2, 0.25) is 0 Å². The van der Waals surface area contributed by atoms with Gasteiger partial charge in [-0.1, -0.05) is 36.4 Å². The van der Waals surface area contributed by atoms with Crippen LogP contribution in [0.25, 0.3) is 0 Å². The summed E-state index contributed by atoms with van der Waals surface area (Å²) in [5.41, 5.74) is 3.33. The van der Waals surface area contributed by atoms with Crippen LogP contribution < -0.4 is 10.1 Å². The zero-order valence-corrected chi connectivity index (χ0v) is 13.1. The molecule has 3 atom stereocenters. The molecule has 0 saturated carbocycles. The van der Waals surface area contributed by atoms with Crippen molar-refractivity contribution in [2.75, 3.05) is 11.9 Å². The second-order valence-electron chi connectivity index (χ2n) is 6.18. The quantitative estimate of drug-likeness (QED) is 0.801. The van der Waals surface area contributed by atoms with Crippen molar-refractivity contribution < 1.29 is 9.13 Å². The van der Waals surface area contributed by atoms with Gasteiger partial charge in [0.05, 0.1) is 18.3 Å². The van der Waals surface area contributed by atoms with E-state index in [-0.39, 0.29) is 11.9 Å². The van der Waals surface area contributed by atoms with Gasteiger partial charge in [0.25, 0.3) is 0 Å². The molecule has 1 aliphatic heterocycles. The molecule has 0 aromatic heterocycles. The third-order valence-electron chi connectivity index (χ3n) is 4.87. The van der Waals surface area contributed by atoms with Crippen LogP contribution in [-0.4, -0.2) is 6.61 Å². The Balaban J connectivity index is 1.80. The summed E-state index contributed by atoms with van der Waals surface area (Å²) >= 11 is 0. The molecule has 0 fully saturated rings. The molecular formula is C20H20FNO. The molecule has 2 aromatic carbocycles. The van der Waals surface area contributed by atoms with Crippen molar-refractivity contribution in [1.29, 1.82) is 0 Å². The molecule has 1 aliphatic carbocycles. The van der Waals surface area contributed by atoms with Gasteiger partial charge in [0, 0.05) is 5.92 Å². The first-order chi connectivity index (χ1) is 11.3. The van der Waals surface area contributed by atoms with Gasteiger partial charge >= 0.3 is 0 Å². The fourth-order valence-corrected chi connectivity index (χ4v) is 3.90.